The smallest absolute Gasteiger partial charge is 0.276 e. The van der Waals surface area contributed by atoms with Gasteiger partial charge in [-0.2, -0.15) is 5.10 Å². The minimum Gasteiger partial charge on any atom is -0.340 e. The van der Waals surface area contributed by atoms with E-state index in [0.717, 1.165) is 38.3 Å². The van der Waals surface area contributed by atoms with Crippen LogP contribution in [-0.4, -0.2) is 62.6 Å². The fourth-order valence-electron chi connectivity index (χ4n) is 3.65. The van der Waals surface area contributed by atoms with Crippen LogP contribution in [0, 0.1) is 5.82 Å². The van der Waals surface area contributed by atoms with E-state index in [1.54, 1.807) is 35.2 Å². The zero-order valence-electron chi connectivity index (χ0n) is 16.4. The van der Waals surface area contributed by atoms with Gasteiger partial charge >= 0.3 is 0 Å². The number of fused-ring (bicyclic) bond motifs is 1. The van der Waals surface area contributed by atoms with Gasteiger partial charge in [-0.3, -0.25) is 9.59 Å². The molecule has 1 aliphatic rings. The third-order valence-corrected chi connectivity index (χ3v) is 5.48. The maximum Gasteiger partial charge on any atom is 0.276 e. The molecule has 1 fully saturated rings. The zero-order chi connectivity index (χ0) is 20.4. The highest BCUT2D eigenvalue weighted by molar-refractivity contribution is 5.76. The number of amides is 1. The van der Waals surface area contributed by atoms with Crippen LogP contribution >= 0.6 is 0 Å². The number of hydrogen-bond donors (Lipinski definition) is 0. The minimum absolute atomic E-state index is 0.0769. The highest BCUT2D eigenvalue weighted by atomic mass is 19.1. The molecular weight excluding hydrogens is 373 g/mol. The minimum atomic E-state index is -0.319. The van der Waals surface area contributed by atoms with Crippen LogP contribution in [0.4, 0.5) is 4.39 Å². The van der Waals surface area contributed by atoms with Crippen molar-refractivity contribution in [1.29, 1.82) is 0 Å². The number of benzene rings is 1. The molecule has 8 heteroatoms. The first-order valence-corrected chi connectivity index (χ1v) is 9.90. The summed E-state index contributed by atoms with van der Waals surface area (Å²) in [5.41, 5.74) is 1.57. The zero-order valence-corrected chi connectivity index (χ0v) is 16.4. The lowest BCUT2D eigenvalue weighted by atomic mass is 10.1. The van der Waals surface area contributed by atoms with E-state index < -0.39 is 0 Å². The van der Waals surface area contributed by atoms with Gasteiger partial charge < -0.3 is 14.4 Å². The van der Waals surface area contributed by atoms with Gasteiger partial charge in [-0.25, -0.2) is 8.91 Å². The Morgan fingerprint density at radius 1 is 1.10 bits per heavy atom. The Bertz CT molecular complexity index is 1060. The molecule has 3 heterocycles. The monoisotopic (exact) mass is 397 g/mol. The van der Waals surface area contributed by atoms with Crippen molar-refractivity contribution >= 4 is 11.4 Å². The van der Waals surface area contributed by atoms with Crippen LogP contribution in [0.15, 0.2) is 47.5 Å². The number of rotatable bonds is 5. The molecule has 4 rings (SSSR count). The summed E-state index contributed by atoms with van der Waals surface area (Å²) >= 11 is 0. The van der Waals surface area contributed by atoms with Crippen molar-refractivity contribution in [3.8, 4) is 11.3 Å². The predicted octanol–water partition coefficient (Wildman–Crippen LogP) is 1.86. The molecule has 0 spiro atoms. The number of carbonyl (C=O) groups is 1. The quantitative estimate of drug-likeness (QED) is 0.659. The maximum absolute atomic E-state index is 13.1. The molecule has 0 saturated carbocycles. The largest absolute Gasteiger partial charge is 0.340 e. The van der Waals surface area contributed by atoms with E-state index in [1.165, 1.54) is 16.6 Å². The fourth-order valence-corrected chi connectivity index (χ4v) is 3.65. The van der Waals surface area contributed by atoms with Crippen LogP contribution < -0.4 is 5.56 Å². The molecule has 0 bridgehead atoms. The number of halogens is 1. The van der Waals surface area contributed by atoms with Gasteiger partial charge in [0.05, 0.1) is 5.69 Å². The van der Waals surface area contributed by atoms with Crippen LogP contribution in [0.3, 0.4) is 0 Å². The van der Waals surface area contributed by atoms with Gasteiger partial charge in [0.25, 0.3) is 5.56 Å². The summed E-state index contributed by atoms with van der Waals surface area (Å²) in [6.07, 6.45) is 3.65. The average Bonchev–Trinajstić information content (AvgIpc) is 3.19. The van der Waals surface area contributed by atoms with E-state index in [9.17, 15) is 14.0 Å². The van der Waals surface area contributed by atoms with Crippen molar-refractivity contribution < 1.29 is 9.18 Å². The topological polar surface area (TPSA) is 62.9 Å². The first kappa shape index (κ1) is 19.3. The molecule has 1 amide bonds. The lowest BCUT2D eigenvalue weighted by Gasteiger charge is -2.34. The van der Waals surface area contributed by atoms with Gasteiger partial charge in [0.2, 0.25) is 5.91 Å². The number of aryl methyl sites for hydroxylation is 1. The summed E-state index contributed by atoms with van der Waals surface area (Å²) in [4.78, 5) is 29.5. The fraction of sp³-hybridized carbons (Fsp3) is 0.381. The van der Waals surface area contributed by atoms with E-state index in [1.807, 2.05) is 4.90 Å². The number of carbonyl (C=O) groups excluding carboxylic acids is 1. The molecule has 0 unspecified atom stereocenters. The number of likely N-dealkylation sites (N-methyl/N-ethyl adjacent to an activating group) is 1. The second kappa shape index (κ2) is 8.16. The molecule has 1 aliphatic heterocycles. The van der Waals surface area contributed by atoms with Crippen molar-refractivity contribution in [2.45, 2.75) is 19.9 Å². The summed E-state index contributed by atoms with van der Waals surface area (Å²) in [5.74, 6) is -0.242. The Labute approximate surface area is 168 Å². The Balaban J connectivity index is 1.47. The van der Waals surface area contributed by atoms with Crippen LogP contribution in [-0.2, 0) is 11.3 Å². The van der Waals surface area contributed by atoms with Gasteiger partial charge in [0, 0.05) is 57.1 Å². The van der Waals surface area contributed by atoms with E-state index in [-0.39, 0.29) is 17.3 Å². The summed E-state index contributed by atoms with van der Waals surface area (Å²) in [6.45, 7) is 6.74. The van der Waals surface area contributed by atoms with Crippen molar-refractivity contribution in [1.82, 2.24) is 24.0 Å². The normalized spacial score (nSPS) is 15.2. The first-order chi connectivity index (χ1) is 14.0. The van der Waals surface area contributed by atoms with Gasteiger partial charge in [0.1, 0.15) is 11.3 Å². The molecular formula is C21H24FN5O2. The Morgan fingerprint density at radius 2 is 1.83 bits per heavy atom. The standard InChI is InChI=1S/C21H24FN5O2/c1-2-24-9-11-25(12-10-24)20(28)7-8-26-13-14-27-19(21(26)29)15-18(23-27)16-3-5-17(22)6-4-16/h3-6,13-15H,2,7-12H2,1H3. The third kappa shape index (κ3) is 4.07. The SMILES string of the molecule is CCN1CCN(C(=O)CCn2ccn3nc(-c4ccc(F)cc4)cc3c2=O)CC1. The van der Waals surface area contributed by atoms with E-state index in [0.29, 0.717) is 24.2 Å². The Kier molecular flexibility index (Phi) is 5.44. The van der Waals surface area contributed by atoms with Crippen LogP contribution in [0.5, 0.6) is 0 Å². The van der Waals surface area contributed by atoms with Gasteiger partial charge in [-0.1, -0.05) is 6.92 Å². The maximum atomic E-state index is 13.1. The summed E-state index contributed by atoms with van der Waals surface area (Å²) in [5, 5.41) is 4.40. The first-order valence-electron chi connectivity index (χ1n) is 9.90. The second-order valence-corrected chi connectivity index (χ2v) is 7.23. The number of aromatic nitrogens is 3. The van der Waals surface area contributed by atoms with Crippen molar-refractivity contribution in [3.05, 3.63) is 58.9 Å². The van der Waals surface area contributed by atoms with Crippen molar-refractivity contribution in [2.75, 3.05) is 32.7 Å². The van der Waals surface area contributed by atoms with E-state index in [2.05, 4.69) is 16.9 Å². The average molecular weight is 397 g/mol. The van der Waals surface area contributed by atoms with Crippen molar-refractivity contribution in [2.24, 2.45) is 0 Å². The van der Waals surface area contributed by atoms with E-state index >= 15 is 0 Å². The second-order valence-electron chi connectivity index (χ2n) is 7.23. The lowest BCUT2D eigenvalue weighted by Crippen LogP contribution is -2.48. The molecule has 0 atom stereocenters. The number of nitrogens with zero attached hydrogens (tertiary/aromatic N) is 5. The highest BCUT2D eigenvalue weighted by Crippen LogP contribution is 2.18. The summed E-state index contributed by atoms with van der Waals surface area (Å²) < 4.78 is 16.2. The van der Waals surface area contributed by atoms with Gasteiger partial charge in [-0.15, -0.1) is 0 Å². The third-order valence-electron chi connectivity index (χ3n) is 5.48. The highest BCUT2D eigenvalue weighted by Gasteiger charge is 2.20. The molecule has 152 valence electrons. The van der Waals surface area contributed by atoms with Crippen molar-refractivity contribution in [3.63, 3.8) is 0 Å². The summed E-state index contributed by atoms with van der Waals surface area (Å²) in [6, 6.07) is 7.68. The van der Waals surface area contributed by atoms with Crippen LogP contribution in [0.25, 0.3) is 16.8 Å². The lowest BCUT2D eigenvalue weighted by molar-refractivity contribution is -0.133. The molecule has 1 aromatic carbocycles. The van der Waals surface area contributed by atoms with E-state index in [4.69, 9.17) is 0 Å². The van der Waals surface area contributed by atoms with Crippen LogP contribution in [0.2, 0.25) is 0 Å². The number of piperazine rings is 1. The number of hydrogen-bond acceptors (Lipinski definition) is 4. The molecule has 0 aliphatic carbocycles. The molecule has 29 heavy (non-hydrogen) atoms. The Hall–Kier alpha value is -3.00. The molecule has 0 radical (unpaired) electrons. The Morgan fingerprint density at radius 3 is 2.52 bits per heavy atom. The molecule has 2 aromatic heterocycles. The predicted molar refractivity (Wildman–Crippen MR) is 108 cm³/mol. The summed E-state index contributed by atoms with van der Waals surface area (Å²) in [7, 11) is 0. The molecule has 3 aromatic rings. The molecule has 7 nitrogen and oxygen atoms in total. The van der Waals surface area contributed by atoms with Crippen LogP contribution in [0.1, 0.15) is 13.3 Å². The van der Waals surface area contributed by atoms with Gasteiger partial charge in [0.15, 0.2) is 0 Å². The molecule has 1 saturated heterocycles. The van der Waals surface area contributed by atoms with Gasteiger partial charge in [-0.05, 0) is 36.9 Å². The molecule has 0 N–H and O–H groups in total.